The van der Waals surface area contributed by atoms with Crippen LogP contribution in [0.15, 0.2) is 0 Å². The summed E-state index contributed by atoms with van der Waals surface area (Å²) < 4.78 is 5.30. The lowest BCUT2D eigenvalue weighted by Gasteiger charge is -2.31. The Morgan fingerprint density at radius 3 is 2.77 bits per heavy atom. The van der Waals surface area contributed by atoms with Gasteiger partial charge in [0.2, 0.25) is 5.91 Å². The molecule has 2 aliphatic rings. The fourth-order valence-corrected chi connectivity index (χ4v) is 1.44. The third-order valence-electron chi connectivity index (χ3n) is 2.68. The summed E-state index contributed by atoms with van der Waals surface area (Å²) in [5, 5.41) is 3.23. The summed E-state index contributed by atoms with van der Waals surface area (Å²) >= 11 is 0. The molecule has 4 nitrogen and oxygen atoms in total. The Kier molecular flexibility index (Phi) is 2.80. The maximum absolute atomic E-state index is 11.3. The minimum absolute atomic E-state index is 0.144. The van der Waals surface area contributed by atoms with Crippen molar-refractivity contribution in [3.05, 3.63) is 0 Å². The zero-order valence-electron chi connectivity index (χ0n) is 7.79. The number of likely N-dealkylation sites (tertiary alicyclic amines) is 1. The minimum atomic E-state index is 0.144. The van der Waals surface area contributed by atoms with Gasteiger partial charge in [-0.05, 0) is 19.4 Å². The summed E-state index contributed by atoms with van der Waals surface area (Å²) in [4.78, 5) is 13.1. The van der Waals surface area contributed by atoms with Crippen molar-refractivity contribution in [1.82, 2.24) is 10.2 Å². The van der Waals surface area contributed by atoms with Crippen LogP contribution in [0.4, 0.5) is 0 Å². The van der Waals surface area contributed by atoms with Gasteiger partial charge in [-0.3, -0.25) is 4.79 Å². The Labute approximate surface area is 78.2 Å². The number of ether oxygens (including phenoxy) is 1. The second kappa shape index (κ2) is 4.07. The molecule has 4 heteroatoms. The van der Waals surface area contributed by atoms with Crippen molar-refractivity contribution in [3.8, 4) is 0 Å². The molecule has 2 rings (SSSR count). The molecule has 0 aromatic carbocycles. The second-order valence-corrected chi connectivity index (χ2v) is 3.69. The van der Waals surface area contributed by atoms with E-state index >= 15 is 0 Å². The third-order valence-corrected chi connectivity index (χ3v) is 2.68. The number of carbonyl (C=O) groups excluding carboxylic acids is 1. The molecule has 0 spiro atoms. The van der Waals surface area contributed by atoms with E-state index in [1.165, 1.54) is 6.42 Å². The molecule has 0 aromatic rings. The lowest BCUT2D eigenvalue weighted by atomic mass is 10.1. The lowest BCUT2D eigenvalue weighted by molar-refractivity contribution is -0.140. The van der Waals surface area contributed by atoms with E-state index in [9.17, 15) is 4.79 Å². The van der Waals surface area contributed by atoms with Gasteiger partial charge in [0.05, 0.1) is 6.61 Å². The topological polar surface area (TPSA) is 41.6 Å². The summed E-state index contributed by atoms with van der Waals surface area (Å²) in [6.45, 7) is 3.87. The predicted octanol–water partition coefficient (Wildman–Crippen LogP) is -0.403. The standard InChI is InChI=1S/C9H16N2O2/c12-9(11-4-1-5-11)7-13-6-8-2-3-10-8/h8,10H,1-7H2. The molecule has 2 fully saturated rings. The summed E-state index contributed by atoms with van der Waals surface area (Å²) in [6.07, 6.45) is 2.33. The molecule has 2 saturated heterocycles. The van der Waals surface area contributed by atoms with E-state index in [0.717, 1.165) is 26.1 Å². The molecule has 0 saturated carbocycles. The van der Waals surface area contributed by atoms with Crippen LogP contribution >= 0.6 is 0 Å². The minimum Gasteiger partial charge on any atom is -0.370 e. The molecule has 0 aliphatic carbocycles. The molecule has 1 amide bonds. The van der Waals surface area contributed by atoms with Gasteiger partial charge >= 0.3 is 0 Å². The Morgan fingerprint density at radius 1 is 1.54 bits per heavy atom. The lowest BCUT2D eigenvalue weighted by Crippen LogP contribution is -2.47. The zero-order chi connectivity index (χ0) is 9.10. The normalized spacial score (nSPS) is 26.5. The van der Waals surface area contributed by atoms with Gasteiger partial charge in [-0.1, -0.05) is 0 Å². The SMILES string of the molecule is O=C(COCC1CCN1)N1CCC1. The van der Waals surface area contributed by atoms with Crippen molar-refractivity contribution in [2.45, 2.75) is 18.9 Å². The van der Waals surface area contributed by atoms with E-state index in [0.29, 0.717) is 12.6 Å². The van der Waals surface area contributed by atoms with Crippen LogP contribution in [-0.4, -0.2) is 49.7 Å². The average molecular weight is 184 g/mol. The van der Waals surface area contributed by atoms with Crippen molar-refractivity contribution in [1.29, 1.82) is 0 Å². The summed E-state index contributed by atoms with van der Waals surface area (Å²) in [5.41, 5.74) is 0. The van der Waals surface area contributed by atoms with E-state index < -0.39 is 0 Å². The Hall–Kier alpha value is -0.610. The molecule has 1 atom stereocenters. The first kappa shape index (κ1) is 8.97. The summed E-state index contributed by atoms with van der Waals surface area (Å²) in [5.74, 6) is 0.144. The number of rotatable bonds is 4. The molecular weight excluding hydrogens is 168 g/mol. The first-order chi connectivity index (χ1) is 6.36. The van der Waals surface area contributed by atoms with Gasteiger partial charge < -0.3 is 15.0 Å². The number of hydrogen-bond acceptors (Lipinski definition) is 3. The Balaban J connectivity index is 1.53. The van der Waals surface area contributed by atoms with Crippen LogP contribution in [0.1, 0.15) is 12.8 Å². The molecular formula is C9H16N2O2. The van der Waals surface area contributed by atoms with Crippen LogP contribution in [0.3, 0.4) is 0 Å². The largest absolute Gasteiger partial charge is 0.370 e. The van der Waals surface area contributed by atoms with E-state index in [4.69, 9.17) is 4.74 Å². The monoisotopic (exact) mass is 184 g/mol. The molecule has 0 aromatic heterocycles. The first-order valence-corrected chi connectivity index (χ1v) is 4.95. The van der Waals surface area contributed by atoms with Gasteiger partial charge in [0, 0.05) is 19.1 Å². The van der Waals surface area contributed by atoms with Gasteiger partial charge in [-0.25, -0.2) is 0 Å². The number of amides is 1. The predicted molar refractivity (Wildman–Crippen MR) is 48.4 cm³/mol. The highest BCUT2D eigenvalue weighted by molar-refractivity contribution is 5.78. The third kappa shape index (κ3) is 2.19. The van der Waals surface area contributed by atoms with Crippen LogP contribution in [0.25, 0.3) is 0 Å². The molecule has 2 aliphatic heterocycles. The second-order valence-electron chi connectivity index (χ2n) is 3.69. The molecule has 1 unspecified atom stereocenters. The van der Waals surface area contributed by atoms with Crippen LogP contribution in [0.5, 0.6) is 0 Å². The highest BCUT2D eigenvalue weighted by Crippen LogP contribution is 2.06. The van der Waals surface area contributed by atoms with Gasteiger partial charge in [-0.15, -0.1) is 0 Å². The van der Waals surface area contributed by atoms with Crippen LogP contribution in [-0.2, 0) is 9.53 Å². The molecule has 0 radical (unpaired) electrons. The van der Waals surface area contributed by atoms with Crippen LogP contribution < -0.4 is 5.32 Å². The Morgan fingerprint density at radius 2 is 2.31 bits per heavy atom. The molecule has 1 N–H and O–H groups in total. The van der Waals surface area contributed by atoms with Crippen molar-refractivity contribution >= 4 is 5.91 Å². The van der Waals surface area contributed by atoms with E-state index in [1.54, 1.807) is 0 Å². The molecule has 0 bridgehead atoms. The van der Waals surface area contributed by atoms with Gasteiger partial charge in [0.15, 0.2) is 0 Å². The van der Waals surface area contributed by atoms with Crippen LogP contribution in [0.2, 0.25) is 0 Å². The molecule has 13 heavy (non-hydrogen) atoms. The number of carbonyl (C=O) groups is 1. The van der Waals surface area contributed by atoms with Crippen molar-refractivity contribution in [3.63, 3.8) is 0 Å². The number of hydrogen-bond donors (Lipinski definition) is 1. The fourth-order valence-electron chi connectivity index (χ4n) is 1.44. The van der Waals surface area contributed by atoms with Gasteiger partial charge in [0.25, 0.3) is 0 Å². The maximum atomic E-state index is 11.3. The van der Waals surface area contributed by atoms with Gasteiger partial charge in [0.1, 0.15) is 6.61 Å². The quantitative estimate of drug-likeness (QED) is 0.646. The van der Waals surface area contributed by atoms with E-state index in [2.05, 4.69) is 5.32 Å². The maximum Gasteiger partial charge on any atom is 0.248 e. The molecule has 74 valence electrons. The number of nitrogens with one attached hydrogen (secondary N) is 1. The van der Waals surface area contributed by atoms with Crippen molar-refractivity contribution in [2.75, 3.05) is 32.8 Å². The average Bonchev–Trinajstić information content (AvgIpc) is 1.90. The van der Waals surface area contributed by atoms with Crippen molar-refractivity contribution in [2.24, 2.45) is 0 Å². The van der Waals surface area contributed by atoms with Crippen LogP contribution in [0, 0.1) is 0 Å². The summed E-state index contributed by atoms with van der Waals surface area (Å²) in [7, 11) is 0. The zero-order valence-corrected chi connectivity index (χ0v) is 7.79. The van der Waals surface area contributed by atoms with E-state index in [1.807, 2.05) is 4.90 Å². The highest BCUT2D eigenvalue weighted by Gasteiger charge is 2.21. The smallest absolute Gasteiger partial charge is 0.248 e. The van der Waals surface area contributed by atoms with E-state index in [-0.39, 0.29) is 12.5 Å². The van der Waals surface area contributed by atoms with Crippen molar-refractivity contribution < 1.29 is 9.53 Å². The summed E-state index contributed by atoms with van der Waals surface area (Å²) in [6, 6.07) is 0.490. The van der Waals surface area contributed by atoms with Gasteiger partial charge in [-0.2, -0.15) is 0 Å². The number of nitrogens with zero attached hydrogens (tertiary/aromatic N) is 1. The fraction of sp³-hybridized carbons (Fsp3) is 0.889. The molecule has 2 heterocycles. The Bertz CT molecular complexity index is 188. The first-order valence-electron chi connectivity index (χ1n) is 4.95. The highest BCUT2D eigenvalue weighted by atomic mass is 16.5.